The fourth-order valence-electron chi connectivity index (χ4n) is 8.26. The molecule has 0 atom stereocenters. The molecule has 53 heavy (non-hydrogen) atoms. The van der Waals surface area contributed by atoms with E-state index in [1.807, 2.05) is 0 Å². The minimum absolute atomic E-state index is 0. The molecule has 1 heterocycles. The zero-order valence-electron chi connectivity index (χ0n) is 31.2. The second kappa shape index (κ2) is 16.2. The first-order chi connectivity index (χ1) is 25.5. The molecule has 7 aromatic rings. The SMILES string of the molecule is CCCCCCCCCc1cccc(-c2cccc(-c3ccc4nc(-c5[c-]cc6c(c5)C(C)(C)c5ccccc5-6)cc(-c5ccccc5)c4c3)c2)c1.[Ir]. The molecule has 0 spiro atoms. The number of benzene rings is 6. The maximum atomic E-state index is 5.28. The standard InChI is InChI=1S/C51H48N.Ir/c1-4-5-6-7-8-9-11-18-36-19-16-22-38(31-36)39-23-17-24-40(32-39)41-28-30-49-46(33-41)45(37-20-12-10-13-21-37)35-50(52-49)42-27-29-44-43-25-14-15-26-47(43)51(2,3)48(44)34-42;/h10,12-17,19-26,28-35H,4-9,11,18H2,1-3H3;/q-1;. The number of aromatic nitrogens is 1. The summed E-state index contributed by atoms with van der Waals surface area (Å²) in [6, 6.07) is 54.9. The zero-order valence-corrected chi connectivity index (χ0v) is 33.6. The smallest absolute Gasteiger partial charge is 0.0602 e. The van der Waals surface area contributed by atoms with Crippen LogP contribution in [0.3, 0.4) is 0 Å². The molecule has 1 nitrogen and oxygen atoms in total. The van der Waals surface area contributed by atoms with Crippen LogP contribution in [0.2, 0.25) is 0 Å². The van der Waals surface area contributed by atoms with Gasteiger partial charge < -0.3 is 0 Å². The molecule has 1 radical (unpaired) electrons. The van der Waals surface area contributed by atoms with Crippen molar-refractivity contribution < 1.29 is 20.1 Å². The van der Waals surface area contributed by atoms with Crippen LogP contribution >= 0.6 is 0 Å². The molecule has 8 rings (SSSR count). The number of unbranched alkanes of at least 4 members (excludes halogenated alkanes) is 6. The number of fused-ring (bicyclic) bond motifs is 4. The third kappa shape index (κ3) is 7.59. The van der Waals surface area contributed by atoms with Crippen LogP contribution in [-0.4, -0.2) is 4.98 Å². The summed E-state index contributed by atoms with van der Waals surface area (Å²) >= 11 is 0. The van der Waals surface area contributed by atoms with E-state index in [9.17, 15) is 0 Å². The van der Waals surface area contributed by atoms with Gasteiger partial charge in [-0.15, -0.1) is 29.3 Å². The molecule has 1 aliphatic carbocycles. The maximum absolute atomic E-state index is 5.28. The molecule has 0 unspecified atom stereocenters. The Labute approximate surface area is 329 Å². The summed E-state index contributed by atoms with van der Waals surface area (Å²) in [6.07, 6.45) is 10.5. The van der Waals surface area contributed by atoms with Gasteiger partial charge in [-0.25, -0.2) is 0 Å². The van der Waals surface area contributed by atoms with Crippen molar-refractivity contribution in [3.63, 3.8) is 0 Å². The molecule has 2 heteroatoms. The summed E-state index contributed by atoms with van der Waals surface area (Å²) in [6.45, 7) is 6.94. The molecule has 0 N–H and O–H groups in total. The van der Waals surface area contributed by atoms with Gasteiger partial charge in [0.15, 0.2) is 0 Å². The van der Waals surface area contributed by atoms with Crippen LogP contribution in [0, 0.1) is 6.07 Å². The Balaban J connectivity index is 0.00000435. The number of pyridine rings is 1. The van der Waals surface area contributed by atoms with Gasteiger partial charge in [0.2, 0.25) is 0 Å². The molecule has 0 saturated carbocycles. The Kier molecular flexibility index (Phi) is 11.2. The van der Waals surface area contributed by atoms with Crippen molar-refractivity contribution in [3.05, 3.63) is 162 Å². The first-order valence-electron chi connectivity index (χ1n) is 19.4. The van der Waals surface area contributed by atoms with Crippen molar-refractivity contribution in [3.8, 4) is 55.8 Å². The number of hydrogen-bond donors (Lipinski definition) is 0. The average Bonchev–Trinajstić information content (AvgIpc) is 3.42. The van der Waals surface area contributed by atoms with Gasteiger partial charge >= 0.3 is 0 Å². The fourth-order valence-corrected chi connectivity index (χ4v) is 8.26. The number of aryl methyl sites for hydroxylation is 1. The van der Waals surface area contributed by atoms with E-state index >= 15 is 0 Å². The van der Waals surface area contributed by atoms with Gasteiger partial charge in [0.1, 0.15) is 0 Å². The molecule has 1 aromatic heterocycles. The third-order valence-electron chi connectivity index (χ3n) is 11.2. The van der Waals surface area contributed by atoms with Crippen LogP contribution < -0.4 is 0 Å². The van der Waals surface area contributed by atoms with Crippen LogP contribution in [0.5, 0.6) is 0 Å². The van der Waals surface area contributed by atoms with E-state index in [2.05, 4.69) is 166 Å². The minimum Gasteiger partial charge on any atom is -0.296 e. The topological polar surface area (TPSA) is 12.9 Å². The fraction of sp³-hybridized carbons (Fsp3) is 0.235. The number of rotatable bonds is 12. The van der Waals surface area contributed by atoms with Gasteiger partial charge in [-0.05, 0) is 86.7 Å². The summed E-state index contributed by atoms with van der Waals surface area (Å²) in [5, 5.41) is 1.16. The minimum atomic E-state index is -0.0762. The molecule has 6 aromatic carbocycles. The predicted octanol–water partition coefficient (Wildman–Crippen LogP) is 14.3. The summed E-state index contributed by atoms with van der Waals surface area (Å²) in [5.41, 5.74) is 17.0. The van der Waals surface area contributed by atoms with Crippen molar-refractivity contribution >= 4 is 10.9 Å². The number of hydrogen-bond acceptors (Lipinski definition) is 1. The van der Waals surface area contributed by atoms with Crippen LogP contribution in [0.4, 0.5) is 0 Å². The molecule has 1 aliphatic rings. The Bertz CT molecular complexity index is 2350. The second-order valence-electron chi connectivity index (χ2n) is 15.2. The molecular formula is C51H48IrN-. The number of nitrogens with zero attached hydrogens (tertiary/aromatic N) is 1. The van der Waals surface area contributed by atoms with Crippen molar-refractivity contribution in [2.75, 3.05) is 0 Å². The molecule has 0 fully saturated rings. The first-order valence-corrected chi connectivity index (χ1v) is 19.4. The van der Waals surface area contributed by atoms with E-state index in [1.54, 1.807) is 0 Å². The Morgan fingerprint density at radius 1 is 0.528 bits per heavy atom. The maximum Gasteiger partial charge on any atom is 0.0602 e. The van der Waals surface area contributed by atoms with Crippen LogP contribution in [-0.2, 0) is 31.9 Å². The van der Waals surface area contributed by atoms with E-state index in [1.165, 1.54) is 106 Å². The Morgan fingerprint density at radius 2 is 1.19 bits per heavy atom. The van der Waals surface area contributed by atoms with E-state index in [0.29, 0.717) is 0 Å². The summed E-state index contributed by atoms with van der Waals surface area (Å²) in [5.74, 6) is 0. The van der Waals surface area contributed by atoms with Crippen LogP contribution in [0.25, 0.3) is 66.7 Å². The molecular weight excluding hydrogens is 819 g/mol. The summed E-state index contributed by atoms with van der Waals surface area (Å²) in [4.78, 5) is 5.28. The van der Waals surface area contributed by atoms with Gasteiger partial charge in [-0.1, -0.05) is 180 Å². The second-order valence-corrected chi connectivity index (χ2v) is 15.2. The first kappa shape index (κ1) is 36.7. The summed E-state index contributed by atoms with van der Waals surface area (Å²) < 4.78 is 0. The van der Waals surface area contributed by atoms with Gasteiger partial charge in [0, 0.05) is 25.5 Å². The largest absolute Gasteiger partial charge is 0.296 e. The molecule has 0 amide bonds. The molecule has 0 saturated heterocycles. The zero-order chi connectivity index (χ0) is 35.5. The quantitative estimate of drug-likeness (QED) is 0.0881. The van der Waals surface area contributed by atoms with Crippen molar-refractivity contribution in [1.82, 2.24) is 4.98 Å². The van der Waals surface area contributed by atoms with Crippen molar-refractivity contribution in [2.45, 2.75) is 77.6 Å². The van der Waals surface area contributed by atoms with Gasteiger partial charge in [0.25, 0.3) is 0 Å². The third-order valence-corrected chi connectivity index (χ3v) is 11.2. The summed E-state index contributed by atoms with van der Waals surface area (Å²) in [7, 11) is 0. The molecule has 267 valence electrons. The monoisotopic (exact) mass is 867 g/mol. The van der Waals surface area contributed by atoms with Crippen LogP contribution in [0.1, 0.15) is 82.4 Å². The average molecular weight is 867 g/mol. The Hall–Kier alpha value is -4.62. The van der Waals surface area contributed by atoms with Gasteiger partial charge in [-0.2, -0.15) is 0 Å². The van der Waals surface area contributed by atoms with Gasteiger partial charge in [-0.3, -0.25) is 4.98 Å². The normalized spacial score (nSPS) is 12.7. The van der Waals surface area contributed by atoms with Crippen molar-refractivity contribution in [2.24, 2.45) is 0 Å². The Morgan fingerprint density at radius 3 is 1.98 bits per heavy atom. The van der Waals surface area contributed by atoms with E-state index in [4.69, 9.17) is 4.98 Å². The van der Waals surface area contributed by atoms with Crippen molar-refractivity contribution in [1.29, 1.82) is 0 Å². The van der Waals surface area contributed by atoms with Crippen LogP contribution in [0.15, 0.2) is 140 Å². The molecule has 0 bridgehead atoms. The molecule has 0 aliphatic heterocycles. The van der Waals surface area contributed by atoms with E-state index in [0.717, 1.165) is 28.6 Å². The van der Waals surface area contributed by atoms with E-state index in [-0.39, 0.29) is 25.5 Å². The predicted molar refractivity (Wildman–Crippen MR) is 222 cm³/mol. The van der Waals surface area contributed by atoms with Gasteiger partial charge in [0.05, 0.1) is 5.52 Å². The van der Waals surface area contributed by atoms with E-state index < -0.39 is 0 Å².